The molecule has 0 saturated heterocycles. The molecule has 0 fully saturated rings. The fraction of sp³-hybridized carbons (Fsp3) is 0.105. The van der Waals surface area contributed by atoms with Crippen LogP contribution in [0.1, 0.15) is 5.69 Å². The van der Waals surface area contributed by atoms with Crippen molar-refractivity contribution in [3.63, 3.8) is 0 Å². The standard InChI is InChI=1S/C19H12F3N3O3S/c1-24-15(19(20,21)22)9-16(27)25(18(24)28)11-5-6-14-13(8-11)17(23-29-14)10-3-2-4-12(26)7-10/h2-9,26H,1H3. The molecule has 0 spiro atoms. The average Bonchev–Trinajstić information content (AvgIpc) is 3.07. The lowest BCUT2D eigenvalue weighted by Gasteiger charge is -2.14. The number of alkyl halides is 3. The summed E-state index contributed by atoms with van der Waals surface area (Å²) in [4.78, 5) is 24.8. The highest BCUT2D eigenvalue weighted by molar-refractivity contribution is 7.13. The lowest BCUT2D eigenvalue weighted by molar-refractivity contribution is -0.144. The Balaban J connectivity index is 1.95. The van der Waals surface area contributed by atoms with Gasteiger partial charge in [-0.25, -0.2) is 9.36 Å². The molecule has 0 atom stereocenters. The third kappa shape index (κ3) is 3.21. The first kappa shape index (κ1) is 18.9. The molecule has 2 heterocycles. The fourth-order valence-corrected chi connectivity index (χ4v) is 3.84. The zero-order chi connectivity index (χ0) is 20.9. The maximum absolute atomic E-state index is 13.0. The summed E-state index contributed by atoms with van der Waals surface area (Å²) in [5.41, 5.74) is -2.23. The highest BCUT2D eigenvalue weighted by atomic mass is 32.1. The van der Waals surface area contributed by atoms with E-state index < -0.39 is 23.1 Å². The van der Waals surface area contributed by atoms with Gasteiger partial charge >= 0.3 is 11.9 Å². The van der Waals surface area contributed by atoms with Gasteiger partial charge in [-0.1, -0.05) is 12.1 Å². The quantitative estimate of drug-likeness (QED) is 0.539. The normalized spacial score (nSPS) is 11.9. The SMILES string of the molecule is Cn1c(C(F)(F)F)cc(=O)n(-c2ccc3snc(-c4cccc(O)c4)c3c2)c1=O. The predicted molar refractivity (Wildman–Crippen MR) is 103 cm³/mol. The minimum absolute atomic E-state index is 0.0487. The van der Waals surface area contributed by atoms with E-state index in [-0.39, 0.29) is 11.4 Å². The lowest BCUT2D eigenvalue weighted by Crippen LogP contribution is -2.40. The van der Waals surface area contributed by atoms with Gasteiger partial charge in [-0.05, 0) is 41.9 Å². The van der Waals surface area contributed by atoms with Crippen molar-refractivity contribution in [1.82, 2.24) is 13.5 Å². The Morgan fingerprint density at radius 1 is 1.07 bits per heavy atom. The van der Waals surface area contributed by atoms with Gasteiger partial charge in [0.2, 0.25) is 0 Å². The summed E-state index contributed by atoms with van der Waals surface area (Å²) in [6, 6.07) is 11.4. The van der Waals surface area contributed by atoms with Crippen molar-refractivity contribution >= 4 is 21.6 Å². The van der Waals surface area contributed by atoms with E-state index in [4.69, 9.17) is 0 Å². The molecule has 0 amide bonds. The monoisotopic (exact) mass is 419 g/mol. The van der Waals surface area contributed by atoms with Crippen molar-refractivity contribution in [2.45, 2.75) is 6.18 Å². The summed E-state index contributed by atoms with van der Waals surface area (Å²) in [6.45, 7) is 0. The highest BCUT2D eigenvalue weighted by Gasteiger charge is 2.35. The second kappa shape index (κ2) is 6.59. The first-order valence-electron chi connectivity index (χ1n) is 8.26. The van der Waals surface area contributed by atoms with E-state index in [0.29, 0.717) is 31.8 Å². The summed E-state index contributed by atoms with van der Waals surface area (Å²) < 4.78 is 45.3. The molecule has 0 unspecified atom stereocenters. The molecule has 148 valence electrons. The largest absolute Gasteiger partial charge is 0.508 e. The van der Waals surface area contributed by atoms with Gasteiger partial charge in [0.1, 0.15) is 11.4 Å². The molecule has 10 heteroatoms. The Labute approximate surface area is 164 Å². The van der Waals surface area contributed by atoms with Crippen molar-refractivity contribution < 1.29 is 18.3 Å². The molecule has 1 N–H and O–H groups in total. The molecule has 2 aromatic carbocycles. The van der Waals surface area contributed by atoms with Crippen LogP contribution in [0.3, 0.4) is 0 Å². The number of hydrogen-bond donors (Lipinski definition) is 1. The Morgan fingerprint density at radius 2 is 1.83 bits per heavy atom. The second-order valence-corrected chi connectivity index (χ2v) is 7.11. The third-order valence-electron chi connectivity index (χ3n) is 4.44. The van der Waals surface area contributed by atoms with Crippen LogP contribution in [0.2, 0.25) is 0 Å². The van der Waals surface area contributed by atoms with E-state index in [1.165, 1.54) is 35.8 Å². The molecule has 2 aromatic heterocycles. The number of rotatable bonds is 2. The van der Waals surface area contributed by atoms with Gasteiger partial charge in [0, 0.05) is 24.1 Å². The van der Waals surface area contributed by atoms with Crippen LogP contribution in [0.5, 0.6) is 5.75 Å². The summed E-state index contributed by atoms with van der Waals surface area (Å²) in [7, 11) is 0.962. The maximum Gasteiger partial charge on any atom is 0.431 e. The molecule has 0 radical (unpaired) electrons. The third-order valence-corrected chi connectivity index (χ3v) is 5.27. The molecule has 4 aromatic rings. The van der Waals surface area contributed by atoms with E-state index in [1.54, 1.807) is 18.2 Å². The number of halogens is 3. The van der Waals surface area contributed by atoms with Gasteiger partial charge in [0.25, 0.3) is 5.56 Å². The minimum atomic E-state index is -4.82. The second-order valence-electron chi connectivity index (χ2n) is 6.30. The van der Waals surface area contributed by atoms with Crippen LogP contribution in [-0.2, 0) is 13.2 Å². The number of fused-ring (bicyclic) bond motifs is 1. The summed E-state index contributed by atoms with van der Waals surface area (Å²) in [5.74, 6) is 0.0487. The van der Waals surface area contributed by atoms with Gasteiger partial charge < -0.3 is 5.11 Å². The molecule has 4 rings (SSSR count). The van der Waals surface area contributed by atoms with Crippen LogP contribution in [-0.4, -0.2) is 18.6 Å². The van der Waals surface area contributed by atoms with Crippen LogP contribution in [0.15, 0.2) is 58.1 Å². The van der Waals surface area contributed by atoms with Crippen molar-refractivity contribution in [3.8, 4) is 22.7 Å². The van der Waals surface area contributed by atoms with Crippen LogP contribution in [0, 0.1) is 0 Å². The Kier molecular flexibility index (Phi) is 4.30. The van der Waals surface area contributed by atoms with E-state index in [9.17, 15) is 27.9 Å². The number of hydrogen-bond acceptors (Lipinski definition) is 5. The number of benzene rings is 2. The van der Waals surface area contributed by atoms with Gasteiger partial charge in [-0.15, -0.1) is 0 Å². The number of aromatic nitrogens is 3. The van der Waals surface area contributed by atoms with Crippen LogP contribution in [0.4, 0.5) is 13.2 Å². The van der Waals surface area contributed by atoms with Crippen molar-refractivity contribution in [3.05, 3.63) is 75.1 Å². The molecule has 6 nitrogen and oxygen atoms in total. The number of nitrogens with zero attached hydrogens (tertiary/aromatic N) is 3. The zero-order valence-electron chi connectivity index (χ0n) is 14.8. The van der Waals surface area contributed by atoms with Crippen molar-refractivity contribution in [2.24, 2.45) is 7.05 Å². The first-order valence-corrected chi connectivity index (χ1v) is 9.03. The topological polar surface area (TPSA) is 77.1 Å². The lowest BCUT2D eigenvalue weighted by atomic mass is 10.1. The molecule has 0 aliphatic rings. The average molecular weight is 419 g/mol. The maximum atomic E-state index is 13.0. The Bertz CT molecular complexity index is 1370. The molecule has 0 aliphatic heterocycles. The molecule has 0 bridgehead atoms. The van der Waals surface area contributed by atoms with E-state index >= 15 is 0 Å². The van der Waals surface area contributed by atoms with Gasteiger partial charge in [0.15, 0.2) is 0 Å². The van der Waals surface area contributed by atoms with Crippen LogP contribution < -0.4 is 11.2 Å². The predicted octanol–water partition coefficient (Wildman–Crippen LogP) is 3.54. The summed E-state index contributed by atoms with van der Waals surface area (Å²) in [6.07, 6.45) is -4.82. The number of phenolic OH excluding ortho intramolecular Hbond substituents is 1. The van der Waals surface area contributed by atoms with Gasteiger partial charge in [-0.2, -0.15) is 17.5 Å². The molecular formula is C19H12F3N3O3S. The molecule has 29 heavy (non-hydrogen) atoms. The first-order chi connectivity index (χ1) is 13.7. The molecular weight excluding hydrogens is 407 g/mol. The summed E-state index contributed by atoms with van der Waals surface area (Å²) >= 11 is 1.18. The number of aromatic hydroxyl groups is 1. The highest BCUT2D eigenvalue weighted by Crippen LogP contribution is 2.33. The van der Waals surface area contributed by atoms with Gasteiger partial charge in [-0.3, -0.25) is 9.36 Å². The number of phenols is 1. The van der Waals surface area contributed by atoms with Crippen molar-refractivity contribution in [1.29, 1.82) is 0 Å². The van der Waals surface area contributed by atoms with E-state index in [1.807, 2.05) is 0 Å². The molecule has 0 aliphatic carbocycles. The Morgan fingerprint density at radius 3 is 2.52 bits per heavy atom. The van der Waals surface area contributed by atoms with E-state index in [0.717, 1.165) is 11.7 Å². The summed E-state index contributed by atoms with van der Waals surface area (Å²) in [5, 5.41) is 10.3. The fourth-order valence-electron chi connectivity index (χ4n) is 3.06. The van der Waals surface area contributed by atoms with Crippen LogP contribution >= 0.6 is 11.5 Å². The van der Waals surface area contributed by atoms with Crippen molar-refractivity contribution in [2.75, 3.05) is 0 Å². The smallest absolute Gasteiger partial charge is 0.431 e. The molecule has 0 saturated carbocycles. The van der Waals surface area contributed by atoms with Gasteiger partial charge in [0.05, 0.1) is 16.1 Å². The van der Waals surface area contributed by atoms with Crippen LogP contribution in [0.25, 0.3) is 27.0 Å². The van der Waals surface area contributed by atoms with E-state index in [2.05, 4.69) is 4.37 Å². The minimum Gasteiger partial charge on any atom is -0.508 e. The zero-order valence-corrected chi connectivity index (χ0v) is 15.6. The Hall–Kier alpha value is -3.40.